The molecule has 1 amide bonds. The molecule has 4 rings (SSSR count). The number of hydrogen-bond donors (Lipinski definition) is 0. The lowest BCUT2D eigenvalue weighted by Crippen LogP contribution is -2.25. The predicted octanol–water partition coefficient (Wildman–Crippen LogP) is 6.10. The predicted molar refractivity (Wildman–Crippen MR) is 119 cm³/mol. The zero-order valence-electron chi connectivity index (χ0n) is 17.3. The van der Waals surface area contributed by atoms with Gasteiger partial charge in [0, 0.05) is 24.4 Å². The van der Waals surface area contributed by atoms with Crippen molar-refractivity contribution in [3.05, 3.63) is 84.2 Å². The smallest absolute Gasteiger partial charge is 0.247 e. The maximum absolute atomic E-state index is 13.0. The lowest BCUT2D eigenvalue weighted by Gasteiger charge is -2.21. The van der Waals surface area contributed by atoms with Crippen LogP contribution in [-0.2, 0) is 4.79 Å². The molecule has 4 aromatic rings. The minimum absolute atomic E-state index is 0.0668. The Morgan fingerprint density at radius 1 is 0.933 bits per heavy atom. The second kappa shape index (κ2) is 8.33. The molecule has 0 bridgehead atoms. The monoisotopic (exact) mass is 397 g/mol. The molecular weight excluding hydrogens is 374 g/mol. The van der Waals surface area contributed by atoms with Crippen molar-refractivity contribution in [1.29, 1.82) is 0 Å². The Kier molecular flexibility index (Phi) is 5.44. The minimum atomic E-state index is -0.0668. The standard InChI is InChI=1S/C25H23N3O2/c1-4-22(29)28(21-10-6-8-18(3)16-21)25-23(19-11-13-26-14-12-19)24(27-30-25)20-9-5-7-17(2)15-20/h5-16H,4H2,1-3H3. The summed E-state index contributed by atoms with van der Waals surface area (Å²) in [5.74, 6) is 0.345. The van der Waals surface area contributed by atoms with Gasteiger partial charge in [-0.2, -0.15) is 0 Å². The molecule has 2 heterocycles. The molecule has 0 aliphatic rings. The fourth-order valence-electron chi connectivity index (χ4n) is 3.50. The van der Waals surface area contributed by atoms with Crippen LogP contribution in [0.5, 0.6) is 0 Å². The highest BCUT2D eigenvalue weighted by Gasteiger charge is 2.28. The molecule has 0 N–H and O–H groups in total. The van der Waals surface area contributed by atoms with E-state index in [-0.39, 0.29) is 5.91 Å². The van der Waals surface area contributed by atoms with E-state index in [1.807, 2.05) is 75.4 Å². The quantitative estimate of drug-likeness (QED) is 0.408. The first-order chi connectivity index (χ1) is 14.6. The fourth-order valence-corrected chi connectivity index (χ4v) is 3.50. The molecule has 0 aliphatic carbocycles. The minimum Gasteiger partial charge on any atom is -0.337 e. The Morgan fingerprint density at radius 2 is 1.63 bits per heavy atom. The van der Waals surface area contributed by atoms with E-state index in [4.69, 9.17) is 4.52 Å². The molecule has 150 valence electrons. The zero-order valence-corrected chi connectivity index (χ0v) is 17.3. The van der Waals surface area contributed by atoms with Crippen LogP contribution in [0.3, 0.4) is 0 Å². The molecule has 0 spiro atoms. The number of carbonyl (C=O) groups excluding carboxylic acids is 1. The van der Waals surface area contributed by atoms with E-state index in [2.05, 4.69) is 16.2 Å². The van der Waals surface area contributed by atoms with E-state index in [0.717, 1.165) is 33.5 Å². The van der Waals surface area contributed by atoms with Gasteiger partial charge in [0.2, 0.25) is 11.8 Å². The summed E-state index contributed by atoms with van der Waals surface area (Å²) in [6.07, 6.45) is 3.79. The van der Waals surface area contributed by atoms with Crippen LogP contribution in [0.1, 0.15) is 24.5 Å². The zero-order chi connectivity index (χ0) is 21.1. The number of nitrogens with zero attached hydrogens (tertiary/aromatic N) is 3. The van der Waals surface area contributed by atoms with Crippen LogP contribution in [0.2, 0.25) is 0 Å². The van der Waals surface area contributed by atoms with Gasteiger partial charge in [-0.25, -0.2) is 4.90 Å². The van der Waals surface area contributed by atoms with E-state index in [1.54, 1.807) is 17.3 Å². The summed E-state index contributed by atoms with van der Waals surface area (Å²) in [5, 5.41) is 4.40. The van der Waals surface area contributed by atoms with Crippen LogP contribution in [0.25, 0.3) is 22.4 Å². The maximum atomic E-state index is 13.0. The molecule has 0 unspecified atom stereocenters. The summed E-state index contributed by atoms with van der Waals surface area (Å²) in [4.78, 5) is 18.8. The largest absolute Gasteiger partial charge is 0.337 e. The number of carbonyl (C=O) groups is 1. The van der Waals surface area contributed by atoms with Crippen molar-refractivity contribution in [3.63, 3.8) is 0 Å². The van der Waals surface area contributed by atoms with Crippen LogP contribution >= 0.6 is 0 Å². The molecule has 30 heavy (non-hydrogen) atoms. The SMILES string of the molecule is CCC(=O)N(c1cccc(C)c1)c1onc(-c2cccc(C)c2)c1-c1ccncc1. The van der Waals surface area contributed by atoms with Crippen molar-refractivity contribution < 1.29 is 9.32 Å². The van der Waals surface area contributed by atoms with Gasteiger partial charge in [-0.05, 0) is 55.3 Å². The van der Waals surface area contributed by atoms with Crippen molar-refractivity contribution >= 4 is 17.5 Å². The number of pyridine rings is 1. The number of hydrogen-bond acceptors (Lipinski definition) is 4. The highest BCUT2D eigenvalue weighted by molar-refractivity contribution is 6.04. The van der Waals surface area contributed by atoms with Crippen LogP contribution < -0.4 is 4.90 Å². The Balaban J connectivity index is 1.98. The van der Waals surface area contributed by atoms with Gasteiger partial charge in [-0.1, -0.05) is 48.0 Å². The lowest BCUT2D eigenvalue weighted by atomic mass is 10.00. The summed E-state index contributed by atoms with van der Waals surface area (Å²) < 4.78 is 5.86. The fraction of sp³-hybridized carbons (Fsp3) is 0.160. The Bertz CT molecular complexity index is 1180. The van der Waals surface area contributed by atoms with Crippen LogP contribution in [0.15, 0.2) is 77.6 Å². The van der Waals surface area contributed by atoms with Crippen molar-refractivity contribution in [1.82, 2.24) is 10.1 Å². The summed E-state index contributed by atoms with van der Waals surface area (Å²) in [7, 11) is 0. The molecule has 0 fully saturated rings. The summed E-state index contributed by atoms with van der Waals surface area (Å²) >= 11 is 0. The number of aryl methyl sites for hydroxylation is 2. The van der Waals surface area contributed by atoms with Crippen LogP contribution in [0, 0.1) is 13.8 Å². The Morgan fingerprint density at radius 3 is 2.30 bits per heavy atom. The second-order valence-corrected chi connectivity index (χ2v) is 7.24. The van der Waals surface area contributed by atoms with Gasteiger partial charge in [0.1, 0.15) is 5.69 Å². The molecule has 0 atom stereocenters. The molecule has 5 heteroatoms. The molecule has 0 aliphatic heterocycles. The number of rotatable bonds is 5. The third kappa shape index (κ3) is 3.74. The number of aromatic nitrogens is 2. The summed E-state index contributed by atoms with van der Waals surface area (Å²) in [6.45, 7) is 5.88. The van der Waals surface area contributed by atoms with Crippen molar-refractivity contribution in [2.45, 2.75) is 27.2 Å². The molecular formula is C25H23N3O2. The Labute approximate surface area is 176 Å². The van der Waals surface area contributed by atoms with Gasteiger partial charge < -0.3 is 4.52 Å². The molecule has 2 aromatic heterocycles. The van der Waals surface area contributed by atoms with E-state index >= 15 is 0 Å². The molecule has 2 aromatic carbocycles. The topological polar surface area (TPSA) is 59.2 Å². The molecule has 0 saturated carbocycles. The van der Waals surface area contributed by atoms with Gasteiger partial charge in [-0.15, -0.1) is 0 Å². The average Bonchev–Trinajstić information content (AvgIpc) is 3.19. The van der Waals surface area contributed by atoms with Crippen LogP contribution in [0.4, 0.5) is 11.6 Å². The molecule has 0 radical (unpaired) electrons. The first kappa shape index (κ1) is 19.6. The third-order valence-electron chi connectivity index (χ3n) is 4.95. The average molecular weight is 397 g/mol. The van der Waals surface area contributed by atoms with Crippen molar-refractivity contribution in [2.75, 3.05) is 4.90 Å². The Hall–Kier alpha value is -3.73. The number of amides is 1. The van der Waals surface area contributed by atoms with Gasteiger partial charge >= 0.3 is 0 Å². The van der Waals surface area contributed by atoms with Crippen LogP contribution in [-0.4, -0.2) is 16.0 Å². The number of anilines is 2. The maximum Gasteiger partial charge on any atom is 0.247 e. The first-order valence-electron chi connectivity index (χ1n) is 9.95. The van der Waals surface area contributed by atoms with E-state index in [0.29, 0.717) is 18.0 Å². The van der Waals surface area contributed by atoms with Gasteiger partial charge in [0.25, 0.3) is 0 Å². The van der Waals surface area contributed by atoms with Gasteiger partial charge in [-0.3, -0.25) is 9.78 Å². The normalized spacial score (nSPS) is 10.8. The van der Waals surface area contributed by atoms with E-state index < -0.39 is 0 Å². The highest BCUT2D eigenvalue weighted by Crippen LogP contribution is 2.42. The van der Waals surface area contributed by atoms with Gasteiger partial charge in [0.05, 0.1) is 11.3 Å². The van der Waals surface area contributed by atoms with E-state index in [9.17, 15) is 4.79 Å². The summed E-state index contributed by atoms with van der Waals surface area (Å²) in [5.41, 5.74) is 6.23. The lowest BCUT2D eigenvalue weighted by molar-refractivity contribution is -0.117. The van der Waals surface area contributed by atoms with Gasteiger partial charge in [0.15, 0.2) is 0 Å². The number of benzene rings is 2. The van der Waals surface area contributed by atoms with Crippen molar-refractivity contribution in [2.24, 2.45) is 0 Å². The van der Waals surface area contributed by atoms with Crippen molar-refractivity contribution in [3.8, 4) is 22.4 Å². The van der Waals surface area contributed by atoms with E-state index in [1.165, 1.54) is 0 Å². The summed E-state index contributed by atoms with van der Waals surface area (Å²) in [6, 6.07) is 19.7. The first-order valence-corrected chi connectivity index (χ1v) is 9.95. The second-order valence-electron chi connectivity index (χ2n) is 7.24. The molecule has 5 nitrogen and oxygen atoms in total. The molecule has 0 saturated heterocycles. The highest BCUT2D eigenvalue weighted by atomic mass is 16.5. The third-order valence-corrected chi connectivity index (χ3v) is 4.95.